The van der Waals surface area contributed by atoms with Crippen molar-refractivity contribution in [1.82, 2.24) is 10.2 Å². The fraction of sp³-hybridized carbons (Fsp3) is 0.471. The third-order valence-electron chi connectivity index (χ3n) is 3.65. The monoisotopic (exact) mass is 304 g/mol. The van der Waals surface area contributed by atoms with Crippen molar-refractivity contribution < 1.29 is 14.3 Å². The highest BCUT2D eigenvalue weighted by Crippen LogP contribution is 2.28. The molecule has 1 aromatic carbocycles. The molecule has 0 aliphatic carbocycles. The van der Waals surface area contributed by atoms with E-state index in [0.717, 1.165) is 44.6 Å². The van der Waals surface area contributed by atoms with Gasteiger partial charge in [-0.25, -0.2) is 0 Å². The highest BCUT2D eigenvalue weighted by atomic mass is 16.5. The van der Waals surface area contributed by atoms with Crippen LogP contribution in [0.4, 0.5) is 0 Å². The van der Waals surface area contributed by atoms with Gasteiger partial charge in [-0.15, -0.1) is 6.58 Å². The molecule has 1 aromatic rings. The van der Waals surface area contributed by atoms with Crippen LogP contribution in [0.15, 0.2) is 30.9 Å². The first kappa shape index (κ1) is 16.4. The van der Waals surface area contributed by atoms with Crippen LogP contribution in [-0.2, 0) is 11.2 Å². The van der Waals surface area contributed by atoms with Crippen molar-refractivity contribution in [3.05, 3.63) is 36.4 Å². The molecule has 1 fully saturated rings. The van der Waals surface area contributed by atoms with Gasteiger partial charge in [0, 0.05) is 19.6 Å². The van der Waals surface area contributed by atoms with E-state index in [4.69, 9.17) is 9.47 Å². The highest BCUT2D eigenvalue weighted by Gasteiger charge is 2.16. The minimum atomic E-state index is 0.0147. The smallest absolute Gasteiger partial charge is 0.260 e. The second-order valence-electron chi connectivity index (χ2n) is 5.25. The Labute approximate surface area is 131 Å². The highest BCUT2D eigenvalue weighted by molar-refractivity contribution is 5.77. The van der Waals surface area contributed by atoms with Crippen LogP contribution in [0.1, 0.15) is 12.0 Å². The fourth-order valence-corrected chi connectivity index (χ4v) is 2.45. The maximum Gasteiger partial charge on any atom is 0.260 e. The van der Waals surface area contributed by atoms with E-state index < -0.39 is 0 Å². The Balaban J connectivity index is 1.95. The molecule has 5 heteroatoms. The number of benzene rings is 1. The fourth-order valence-electron chi connectivity index (χ4n) is 2.45. The second-order valence-corrected chi connectivity index (χ2v) is 5.25. The number of hydrogen-bond donors (Lipinski definition) is 1. The van der Waals surface area contributed by atoms with Gasteiger partial charge in [0.05, 0.1) is 7.11 Å². The van der Waals surface area contributed by atoms with Gasteiger partial charge in [-0.05, 0) is 37.1 Å². The molecule has 1 heterocycles. The van der Waals surface area contributed by atoms with E-state index in [0.29, 0.717) is 11.5 Å². The van der Waals surface area contributed by atoms with Gasteiger partial charge >= 0.3 is 0 Å². The Morgan fingerprint density at radius 3 is 3.00 bits per heavy atom. The first-order chi connectivity index (χ1) is 10.7. The zero-order valence-electron chi connectivity index (χ0n) is 13.1. The van der Waals surface area contributed by atoms with Crippen molar-refractivity contribution >= 4 is 5.91 Å². The van der Waals surface area contributed by atoms with Gasteiger partial charge in [0.1, 0.15) is 0 Å². The molecule has 1 saturated heterocycles. The van der Waals surface area contributed by atoms with E-state index >= 15 is 0 Å². The SMILES string of the molecule is C=CCc1ccc(OCC(=O)N2CCCNCC2)c(OC)c1. The zero-order chi connectivity index (χ0) is 15.8. The average molecular weight is 304 g/mol. The Morgan fingerprint density at radius 1 is 1.36 bits per heavy atom. The lowest BCUT2D eigenvalue weighted by atomic mass is 10.1. The lowest BCUT2D eigenvalue weighted by molar-refractivity contribution is -0.133. The van der Waals surface area contributed by atoms with E-state index in [1.54, 1.807) is 7.11 Å². The Hall–Kier alpha value is -2.01. The molecule has 5 nitrogen and oxygen atoms in total. The normalized spacial score (nSPS) is 15.0. The summed E-state index contributed by atoms with van der Waals surface area (Å²) in [5.41, 5.74) is 1.10. The number of allylic oxidation sites excluding steroid dienone is 1. The van der Waals surface area contributed by atoms with E-state index in [-0.39, 0.29) is 12.5 Å². The summed E-state index contributed by atoms with van der Waals surface area (Å²) in [6, 6.07) is 5.71. The first-order valence-electron chi connectivity index (χ1n) is 7.63. The minimum absolute atomic E-state index is 0.0147. The molecule has 0 saturated carbocycles. The molecule has 1 aliphatic rings. The Morgan fingerprint density at radius 2 is 2.23 bits per heavy atom. The van der Waals surface area contributed by atoms with Crippen molar-refractivity contribution in [1.29, 1.82) is 0 Å². The van der Waals surface area contributed by atoms with Crippen LogP contribution in [-0.4, -0.2) is 50.7 Å². The van der Waals surface area contributed by atoms with E-state index in [2.05, 4.69) is 11.9 Å². The molecule has 1 N–H and O–H groups in total. The van der Waals surface area contributed by atoms with Gasteiger partial charge < -0.3 is 19.7 Å². The van der Waals surface area contributed by atoms with Crippen LogP contribution >= 0.6 is 0 Å². The van der Waals surface area contributed by atoms with Gasteiger partial charge in [0.2, 0.25) is 0 Å². The molecule has 0 unspecified atom stereocenters. The molecule has 1 amide bonds. The maximum atomic E-state index is 12.2. The third kappa shape index (κ3) is 4.49. The van der Waals surface area contributed by atoms with Gasteiger partial charge in [-0.1, -0.05) is 12.1 Å². The predicted molar refractivity (Wildman–Crippen MR) is 86.5 cm³/mol. The standard InChI is InChI=1S/C17H24N2O3/c1-3-5-14-6-7-15(16(12-14)21-2)22-13-17(20)19-10-4-8-18-9-11-19/h3,6-7,12,18H,1,4-5,8-11,13H2,2H3. The first-order valence-corrected chi connectivity index (χ1v) is 7.63. The van der Waals surface area contributed by atoms with Gasteiger partial charge in [-0.2, -0.15) is 0 Å². The molecule has 0 radical (unpaired) electrons. The van der Waals surface area contributed by atoms with Crippen LogP contribution < -0.4 is 14.8 Å². The number of nitrogens with zero attached hydrogens (tertiary/aromatic N) is 1. The van der Waals surface area contributed by atoms with Crippen LogP contribution in [0.25, 0.3) is 0 Å². The molecule has 2 rings (SSSR count). The molecular weight excluding hydrogens is 280 g/mol. The number of methoxy groups -OCH3 is 1. The van der Waals surface area contributed by atoms with E-state index in [1.807, 2.05) is 29.2 Å². The summed E-state index contributed by atoms with van der Waals surface area (Å²) in [6.45, 7) is 7.08. The summed E-state index contributed by atoms with van der Waals surface area (Å²) in [5.74, 6) is 1.25. The lowest BCUT2D eigenvalue weighted by Gasteiger charge is -2.20. The van der Waals surface area contributed by atoms with Crippen molar-refractivity contribution in [2.75, 3.05) is 39.9 Å². The number of hydrogen-bond acceptors (Lipinski definition) is 4. The van der Waals surface area contributed by atoms with Gasteiger partial charge in [0.15, 0.2) is 18.1 Å². The molecular formula is C17H24N2O3. The minimum Gasteiger partial charge on any atom is -0.493 e. The maximum absolute atomic E-state index is 12.2. The predicted octanol–water partition coefficient (Wildman–Crippen LogP) is 1.62. The van der Waals surface area contributed by atoms with Crippen LogP contribution in [0.5, 0.6) is 11.5 Å². The Kier molecular flexibility index (Phi) is 6.27. The molecule has 120 valence electrons. The van der Waals surface area contributed by atoms with Crippen molar-refractivity contribution in [2.45, 2.75) is 12.8 Å². The number of amides is 1. The summed E-state index contributed by atoms with van der Waals surface area (Å²) < 4.78 is 11.0. The second kappa shape index (κ2) is 8.44. The molecule has 0 aromatic heterocycles. The summed E-state index contributed by atoms with van der Waals surface area (Å²) in [4.78, 5) is 14.1. The largest absolute Gasteiger partial charge is 0.493 e. The molecule has 1 aliphatic heterocycles. The van der Waals surface area contributed by atoms with Crippen molar-refractivity contribution in [2.24, 2.45) is 0 Å². The average Bonchev–Trinajstić information content (AvgIpc) is 2.82. The van der Waals surface area contributed by atoms with Crippen LogP contribution in [0.3, 0.4) is 0 Å². The van der Waals surface area contributed by atoms with Crippen molar-refractivity contribution in [3.63, 3.8) is 0 Å². The van der Waals surface area contributed by atoms with E-state index in [9.17, 15) is 4.79 Å². The lowest BCUT2D eigenvalue weighted by Crippen LogP contribution is -2.37. The van der Waals surface area contributed by atoms with Crippen LogP contribution in [0.2, 0.25) is 0 Å². The number of rotatable bonds is 6. The third-order valence-corrected chi connectivity index (χ3v) is 3.65. The van der Waals surface area contributed by atoms with Crippen LogP contribution in [0, 0.1) is 0 Å². The van der Waals surface area contributed by atoms with Gasteiger partial charge in [0.25, 0.3) is 5.91 Å². The zero-order valence-corrected chi connectivity index (χ0v) is 13.1. The summed E-state index contributed by atoms with van der Waals surface area (Å²) in [6.07, 6.45) is 3.59. The van der Waals surface area contributed by atoms with Gasteiger partial charge in [-0.3, -0.25) is 4.79 Å². The van der Waals surface area contributed by atoms with Crippen molar-refractivity contribution in [3.8, 4) is 11.5 Å². The topological polar surface area (TPSA) is 50.8 Å². The quantitative estimate of drug-likeness (QED) is 0.812. The number of carbonyl (C=O) groups excluding carboxylic acids is 1. The summed E-state index contributed by atoms with van der Waals surface area (Å²) in [7, 11) is 1.60. The number of nitrogens with one attached hydrogen (secondary N) is 1. The molecule has 22 heavy (non-hydrogen) atoms. The number of carbonyl (C=O) groups is 1. The molecule has 0 bridgehead atoms. The Bertz CT molecular complexity index is 509. The molecule has 0 atom stereocenters. The summed E-state index contributed by atoms with van der Waals surface area (Å²) in [5, 5.41) is 3.28. The number of ether oxygens (including phenoxy) is 2. The summed E-state index contributed by atoms with van der Waals surface area (Å²) >= 11 is 0. The molecule has 0 spiro atoms. The van der Waals surface area contributed by atoms with E-state index in [1.165, 1.54) is 0 Å².